The smallest absolute Gasteiger partial charge is 0.222 e. The molecule has 1 amide bonds. The Bertz CT molecular complexity index is 147. The lowest BCUT2D eigenvalue weighted by Crippen LogP contribution is -2.28. The fourth-order valence-electron chi connectivity index (χ4n) is 1.58. The first-order valence-corrected chi connectivity index (χ1v) is 3.59. The summed E-state index contributed by atoms with van der Waals surface area (Å²) in [4.78, 5) is 12.9. The van der Waals surface area contributed by atoms with Crippen LogP contribution in [0.4, 0.5) is 0 Å². The summed E-state index contributed by atoms with van der Waals surface area (Å²) in [5.41, 5.74) is 5.18. The van der Waals surface area contributed by atoms with E-state index in [4.69, 9.17) is 5.73 Å². The average molecular weight is 142 g/mol. The lowest BCUT2D eigenvalue weighted by Gasteiger charge is -2.07. The molecule has 1 heterocycles. The van der Waals surface area contributed by atoms with E-state index in [0.717, 1.165) is 13.1 Å². The number of hydrogen-bond acceptors (Lipinski definition) is 2. The second kappa shape index (κ2) is 2.58. The van der Waals surface area contributed by atoms with E-state index in [9.17, 15) is 4.79 Å². The topological polar surface area (TPSA) is 46.3 Å². The maximum absolute atomic E-state index is 10.8. The van der Waals surface area contributed by atoms with Gasteiger partial charge in [0, 0.05) is 13.1 Å². The van der Waals surface area contributed by atoms with Gasteiger partial charge in [-0.3, -0.25) is 4.79 Å². The van der Waals surface area contributed by atoms with E-state index in [2.05, 4.69) is 11.8 Å². The summed E-state index contributed by atoms with van der Waals surface area (Å²) in [5.74, 6) is 0.351. The molecule has 0 aromatic rings. The van der Waals surface area contributed by atoms with Crippen LogP contribution in [0.1, 0.15) is 6.92 Å². The summed E-state index contributed by atoms with van der Waals surface area (Å²) in [6, 6.07) is 0. The van der Waals surface area contributed by atoms with Crippen LogP contribution in [-0.2, 0) is 4.79 Å². The van der Waals surface area contributed by atoms with Gasteiger partial charge in [-0.15, -0.1) is 0 Å². The molecule has 1 saturated heterocycles. The first-order chi connectivity index (χ1) is 4.61. The molecule has 3 heteroatoms. The van der Waals surface area contributed by atoms with Crippen LogP contribution in [0.15, 0.2) is 0 Å². The van der Waals surface area contributed by atoms with Gasteiger partial charge in [0.05, 0.1) is 5.92 Å². The molecular weight excluding hydrogens is 128 g/mol. The molecular formula is C7H14N2O. The zero-order valence-electron chi connectivity index (χ0n) is 6.50. The Labute approximate surface area is 61.2 Å². The monoisotopic (exact) mass is 142 g/mol. The molecule has 1 aliphatic rings. The van der Waals surface area contributed by atoms with Crippen molar-refractivity contribution in [2.45, 2.75) is 6.92 Å². The molecule has 0 saturated carbocycles. The number of carbonyl (C=O) groups is 1. The number of nitrogens with two attached hydrogens (primary N) is 1. The Morgan fingerprint density at radius 3 is 2.40 bits per heavy atom. The first kappa shape index (κ1) is 7.54. The minimum atomic E-state index is -0.156. The lowest BCUT2D eigenvalue weighted by atomic mass is 9.98. The number of hydrogen-bond donors (Lipinski definition) is 1. The SMILES string of the molecule is C[C@H]1CN(C)C[C@H]1C(N)=O. The van der Waals surface area contributed by atoms with Crippen molar-refractivity contribution < 1.29 is 4.79 Å². The van der Waals surface area contributed by atoms with Gasteiger partial charge in [-0.05, 0) is 13.0 Å². The fourth-order valence-corrected chi connectivity index (χ4v) is 1.58. The molecule has 0 bridgehead atoms. The van der Waals surface area contributed by atoms with Gasteiger partial charge >= 0.3 is 0 Å². The number of carbonyl (C=O) groups excluding carboxylic acids is 1. The van der Waals surface area contributed by atoms with E-state index in [1.165, 1.54) is 0 Å². The van der Waals surface area contributed by atoms with E-state index >= 15 is 0 Å². The standard InChI is InChI=1S/C7H14N2O/c1-5-3-9(2)4-6(5)7(8)10/h5-6H,3-4H2,1-2H3,(H2,8,10)/t5-,6+/m0/s1. The zero-order valence-corrected chi connectivity index (χ0v) is 6.50. The Balaban J connectivity index is 2.54. The number of amides is 1. The number of likely N-dealkylation sites (tertiary alicyclic amines) is 1. The predicted octanol–water partition coefficient (Wildman–Crippen LogP) is -0.331. The number of nitrogens with zero attached hydrogens (tertiary/aromatic N) is 1. The van der Waals surface area contributed by atoms with Gasteiger partial charge in [0.2, 0.25) is 5.91 Å². The Morgan fingerprint density at radius 2 is 2.20 bits per heavy atom. The van der Waals surface area contributed by atoms with Crippen molar-refractivity contribution in [2.24, 2.45) is 17.6 Å². The van der Waals surface area contributed by atoms with Gasteiger partial charge in [0.1, 0.15) is 0 Å². The molecule has 0 unspecified atom stereocenters. The van der Waals surface area contributed by atoms with E-state index in [0.29, 0.717) is 5.92 Å². The highest BCUT2D eigenvalue weighted by Gasteiger charge is 2.30. The quantitative estimate of drug-likeness (QED) is 0.545. The molecule has 2 atom stereocenters. The highest BCUT2D eigenvalue weighted by atomic mass is 16.1. The predicted molar refractivity (Wildman–Crippen MR) is 39.3 cm³/mol. The minimum Gasteiger partial charge on any atom is -0.369 e. The van der Waals surface area contributed by atoms with Crippen LogP contribution in [0.2, 0.25) is 0 Å². The van der Waals surface area contributed by atoms with Crippen molar-refractivity contribution in [3.05, 3.63) is 0 Å². The summed E-state index contributed by atoms with van der Waals surface area (Å²) in [6.45, 7) is 3.89. The van der Waals surface area contributed by atoms with Crippen LogP contribution < -0.4 is 5.73 Å². The van der Waals surface area contributed by atoms with E-state index < -0.39 is 0 Å². The van der Waals surface area contributed by atoms with Crippen LogP contribution >= 0.6 is 0 Å². The minimum absolute atomic E-state index is 0.0741. The third kappa shape index (κ3) is 1.29. The average Bonchev–Trinajstić information content (AvgIpc) is 2.10. The Hall–Kier alpha value is -0.570. The molecule has 0 aliphatic carbocycles. The van der Waals surface area contributed by atoms with Gasteiger partial charge < -0.3 is 10.6 Å². The van der Waals surface area contributed by atoms with Gasteiger partial charge in [0.15, 0.2) is 0 Å². The molecule has 58 valence electrons. The van der Waals surface area contributed by atoms with Crippen molar-refractivity contribution in [1.82, 2.24) is 4.90 Å². The van der Waals surface area contributed by atoms with Gasteiger partial charge in [-0.1, -0.05) is 6.92 Å². The molecule has 0 spiro atoms. The van der Waals surface area contributed by atoms with E-state index in [1.807, 2.05) is 7.05 Å². The molecule has 1 rings (SSSR count). The molecule has 10 heavy (non-hydrogen) atoms. The normalized spacial score (nSPS) is 34.6. The van der Waals surface area contributed by atoms with Crippen LogP contribution in [0, 0.1) is 11.8 Å². The van der Waals surface area contributed by atoms with Crippen LogP contribution in [-0.4, -0.2) is 30.9 Å². The van der Waals surface area contributed by atoms with Crippen molar-refractivity contribution in [3.8, 4) is 0 Å². The molecule has 2 N–H and O–H groups in total. The van der Waals surface area contributed by atoms with Crippen LogP contribution in [0.3, 0.4) is 0 Å². The van der Waals surface area contributed by atoms with E-state index in [-0.39, 0.29) is 11.8 Å². The summed E-state index contributed by atoms with van der Waals surface area (Å²) >= 11 is 0. The molecule has 0 aromatic heterocycles. The maximum atomic E-state index is 10.8. The molecule has 3 nitrogen and oxygen atoms in total. The summed E-state index contributed by atoms with van der Waals surface area (Å²) in [7, 11) is 2.01. The highest BCUT2D eigenvalue weighted by Crippen LogP contribution is 2.20. The molecule has 1 aliphatic heterocycles. The molecule has 1 fully saturated rings. The largest absolute Gasteiger partial charge is 0.369 e. The molecule has 0 aromatic carbocycles. The van der Waals surface area contributed by atoms with Gasteiger partial charge in [-0.2, -0.15) is 0 Å². The van der Waals surface area contributed by atoms with Crippen LogP contribution in [0.25, 0.3) is 0 Å². The number of primary amides is 1. The highest BCUT2D eigenvalue weighted by molar-refractivity contribution is 5.77. The Kier molecular flexibility index (Phi) is 1.94. The van der Waals surface area contributed by atoms with Crippen LogP contribution in [0.5, 0.6) is 0 Å². The summed E-state index contributed by atoms with van der Waals surface area (Å²) in [5, 5.41) is 0. The van der Waals surface area contributed by atoms with Crippen molar-refractivity contribution in [3.63, 3.8) is 0 Å². The second-order valence-electron chi connectivity index (χ2n) is 3.21. The fraction of sp³-hybridized carbons (Fsp3) is 0.857. The van der Waals surface area contributed by atoms with Gasteiger partial charge in [0.25, 0.3) is 0 Å². The lowest BCUT2D eigenvalue weighted by molar-refractivity contribution is -0.122. The third-order valence-electron chi connectivity index (χ3n) is 2.16. The van der Waals surface area contributed by atoms with Crippen molar-refractivity contribution in [2.75, 3.05) is 20.1 Å². The van der Waals surface area contributed by atoms with Crippen molar-refractivity contribution >= 4 is 5.91 Å². The van der Waals surface area contributed by atoms with Crippen molar-refractivity contribution in [1.29, 1.82) is 0 Å². The summed E-state index contributed by atoms with van der Waals surface area (Å²) in [6.07, 6.45) is 0. The second-order valence-corrected chi connectivity index (χ2v) is 3.21. The number of rotatable bonds is 1. The zero-order chi connectivity index (χ0) is 7.72. The third-order valence-corrected chi connectivity index (χ3v) is 2.16. The van der Waals surface area contributed by atoms with E-state index in [1.54, 1.807) is 0 Å². The first-order valence-electron chi connectivity index (χ1n) is 3.59. The Morgan fingerprint density at radius 1 is 1.60 bits per heavy atom. The summed E-state index contributed by atoms with van der Waals surface area (Å²) < 4.78 is 0. The van der Waals surface area contributed by atoms with Gasteiger partial charge in [-0.25, -0.2) is 0 Å². The molecule has 0 radical (unpaired) electrons. The maximum Gasteiger partial charge on any atom is 0.222 e.